The highest BCUT2D eigenvalue weighted by molar-refractivity contribution is 6.35. The minimum Gasteiger partial charge on any atom is -0.397 e. The Bertz CT molecular complexity index is 682. The Balaban J connectivity index is 2.28. The topological polar surface area (TPSA) is 51.3 Å². The molecule has 1 heterocycles. The Morgan fingerprint density at radius 2 is 2.00 bits per heavy atom. The largest absolute Gasteiger partial charge is 0.397 e. The molecular weight excluding hydrogens is 309 g/mol. The zero-order valence-electron chi connectivity index (χ0n) is 12.1. The van der Waals surface area contributed by atoms with Crippen LogP contribution in [-0.2, 0) is 7.05 Å². The van der Waals surface area contributed by atoms with Crippen molar-refractivity contribution in [3.63, 3.8) is 0 Å². The molecule has 6 heteroatoms. The number of carbonyl (C=O) groups excluding carboxylic acids is 1. The molecule has 0 fully saturated rings. The summed E-state index contributed by atoms with van der Waals surface area (Å²) >= 11 is 12.1. The fraction of sp³-hybridized carbons (Fsp3) is 0.267. The molecule has 1 unspecified atom stereocenters. The zero-order chi connectivity index (χ0) is 15.7. The lowest BCUT2D eigenvalue weighted by atomic mass is 10.1. The number of rotatable bonds is 3. The molecule has 0 aliphatic carbocycles. The lowest BCUT2D eigenvalue weighted by Crippen LogP contribution is -2.31. The van der Waals surface area contributed by atoms with Gasteiger partial charge in [0.2, 0.25) is 0 Å². The van der Waals surface area contributed by atoms with Crippen molar-refractivity contribution in [1.82, 2.24) is 9.47 Å². The maximum Gasteiger partial charge on any atom is 0.270 e. The lowest BCUT2D eigenvalue weighted by Gasteiger charge is -2.26. The number of amides is 1. The van der Waals surface area contributed by atoms with Gasteiger partial charge < -0.3 is 15.2 Å². The standard InChI is InChI=1S/C15H17Cl2N3O/c1-9(12-5-4-10(16)6-13(12)17)20(3)15(21)14-7-11(18)8-19(14)2/h4-9H,18H2,1-3H3. The van der Waals surface area contributed by atoms with Gasteiger partial charge in [0, 0.05) is 30.3 Å². The maximum atomic E-state index is 12.6. The van der Waals surface area contributed by atoms with E-state index in [0.29, 0.717) is 21.4 Å². The Morgan fingerprint density at radius 1 is 1.33 bits per heavy atom. The summed E-state index contributed by atoms with van der Waals surface area (Å²) < 4.78 is 1.71. The van der Waals surface area contributed by atoms with Crippen molar-refractivity contribution in [3.8, 4) is 0 Å². The van der Waals surface area contributed by atoms with Gasteiger partial charge in [-0.25, -0.2) is 0 Å². The van der Waals surface area contributed by atoms with Crippen LogP contribution in [-0.4, -0.2) is 22.4 Å². The van der Waals surface area contributed by atoms with Gasteiger partial charge in [-0.15, -0.1) is 0 Å². The van der Waals surface area contributed by atoms with E-state index in [0.717, 1.165) is 5.56 Å². The number of hydrogen-bond donors (Lipinski definition) is 1. The summed E-state index contributed by atoms with van der Waals surface area (Å²) in [7, 11) is 3.53. The molecule has 2 N–H and O–H groups in total. The summed E-state index contributed by atoms with van der Waals surface area (Å²) in [5.41, 5.74) is 7.66. The van der Waals surface area contributed by atoms with E-state index in [-0.39, 0.29) is 11.9 Å². The number of aromatic nitrogens is 1. The van der Waals surface area contributed by atoms with Gasteiger partial charge in [-0.05, 0) is 30.7 Å². The van der Waals surface area contributed by atoms with Crippen molar-refractivity contribution in [2.24, 2.45) is 7.05 Å². The third-order valence-corrected chi connectivity index (χ3v) is 4.12. The van der Waals surface area contributed by atoms with E-state index in [4.69, 9.17) is 28.9 Å². The monoisotopic (exact) mass is 325 g/mol. The summed E-state index contributed by atoms with van der Waals surface area (Å²) in [5, 5.41) is 1.11. The van der Waals surface area contributed by atoms with Crippen LogP contribution in [0.1, 0.15) is 29.0 Å². The van der Waals surface area contributed by atoms with Crippen LogP contribution < -0.4 is 5.73 Å². The van der Waals surface area contributed by atoms with Crippen LogP contribution in [0.25, 0.3) is 0 Å². The van der Waals surface area contributed by atoms with E-state index in [1.54, 1.807) is 48.0 Å². The smallest absolute Gasteiger partial charge is 0.270 e. The van der Waals surface area contributed by atoms with Crippen molar-refractivity contribution < 1.29 is 4.79 Å². The molecule has 1 aromatic carbocycles. The normalized spacial score (nSPS) is 12.2. The Labute approximate surface area is 134 Å². The third kappa shape index (κ3) is 3.17. The van der Waals surface area contributed by atoms with Crippen LogP contribution in [0.15, 0.2) is 30.5 Å². The molecule has 4 nitrogen and oxygen atoms in total. The van der Waals surface area contributed by atoms with Gasteiger partial charge in [0.05, 0.1) is 11.7 Å². The van der Waals surface area contributed by atoms with Crippen molar-refractivity contribution >= 4 is 34.8 Å². The van der Waals surface area contributed by atoms with Crippen molar-refractivity contribution in [3.05, 3.63) is 51.8 Å². The van der Waals surface area contributed by atoms with Crippen molar-refractivity contribution in [2.75, 3.05) is 12.8 Å². The summed E-state index contributed by atoms with van der Waals surface area (Å²) in [5.74, 6) is -0.118. The minimum absolute atomic E-state index is 0.118. The van der Waals surface area contributed by atoms with Gasteiger partial charge in [-0.2, -0.15) is 0 Å². The number of hydrogen-bond acceptors (Lipinski definition) is 2. The van der Waals surface area contributed by atoms with Gasteiger partial charge >= 0.3 is 0 Å². The second kappa shape index (κ2) is 6.00. The van der Waals surface area contributed by atoms with E-state index in [1.165, 1.54) is 0 Å². The van der Waals surface area contributed by atoms with Crippen LogP contribution in [0.4, 0.5) is 5.69 Å². The first kappa shape index (κ1) is 15.7. The summed E-state index contributed by atoms with van der Waals surface area (Å²) in [6.07, 6.45) is 1.71. The second-order valence-electron chi connectivity index (χ2n) is 5.03. The van der Waals surface area contributed by atoms with E-state index in [1.807, 2.05) is 13.0 Å². The first-order chi connectivity index (χ1) is 9.81. The number of nitrogens with zero attached hydrogens (tertiary/aromatic N) is 2. The van der Waals surface area contributed by atoms with E-state index >= 15 is 0 Å². The third-order valence-electron chi connectivity index (χ3n) is 3.56. The van der Waals surface area contributed by atoms with Gasteiger partial charge in [-0.1, -0.05) is 29.3 Å². The van der Waals surface area contributed by atoms with Gasteiger partial charge in [0.25, 0.3) is 5.91 Å². The van der Waals surface area contributed by atoms with Gasteiger partial charge in [-0.3, -0.25) is 4.79 Å². The molecule has 0 aliphatic rings. The average molecular weight is 326 g/mol. The first-order valence-corrected chi connectivity index (χ1v) is 7.20. The molecule has 0 spiro atoms. The number of halogens is 2. The second-order valence-corrected chi connectivity index (χ2v) is 5.87. The van der Waals surface area contributed by atoms with Crippen molar-refractivity contribution in [2.45, 2.75) is 13.0 Å². The zero-order valence-corrected chi connectivity index (χ0v) is 13.6. The molecule has 2 rings (SSSR count). The SMILES string of the molecule is CC(c1ccc(Cl)cc1Cl)N(C)C(=O)c1cc(N)cn1C. The predicted octanol–water partition coefficient (Wildman–Crippen LogP) is 3.75. The molecule has 1 aromatic heterocycles. The van der Waals surface area contributed by atoms with E-state index < -0.39 is 0 Å². The lowest BCUT2D eigenvalue weighted by molar-refractivity contribution is 0.0733. The van der Waals surface area contributed by atoms with Crippen molar-refractivity contribution in [1.29, 1.82) is 0 Å². The average Bonchev–Trinajstić information content (AvgIpc) is 2.75. The molecule has 2 aromatic rings. The predicted molar refractivity (Wildman–Crippen MR) is 86.8 cm³/mol. The number of benzene rings is 1. The van der Waals surface area contributed by atoms with Crippen LogP contribution in [0.5, 0.6) is 0 Å². The Hall–Kier alpha value is -1.65. The van der Waals surface area contributed by atoms with Crippen LogP contribution >= 0.6 is 23.2 Å². The number of aryl methyl sites for hydroxylation is 1. The highest BCUT2D eigenvalue weighted by Gasteiger charge is 2.22. The number of nitrogens with two attached hydrogens (primary N) is 1. The van der Waals surface area contributed by atoms with E-state index in [9.17, 15) is 4.79 Å². The quantitative estimate of drug-likeness (QED) is 0.934. The number of carbonyl (C=O) groups is 1. The number of nitrogen functional groups attached to an aromatic ring is 1. The first-order valence-electron chi connectivity index (χ1n) is 6.45. The minimum atomic E-state index is -0.182. The fourth-order valence-electron chi connectivity index (χ4n) is 2.21. The highest BCUT2D eigenvalue weighted by Crippen LogP contribution is 2.30. The van der Waals surface area contributed by atoms with Crippen LogP contribution in [0.2, 0.25) is 10.0 Å². The Morgan fingerprint density at radius 3 is 2.52 bits per heavy atom. The fourth-order valence-corrected chi connectivity index (χ4v) is 2.77. The summed E-state index contributed by atoms with van der Waals surface area (Å²) in [4.78, 5) is 14.2. The van der Waals surface area contributed by atoms with Crippen LogP contribution in [0, 0.1) is 0 Å². The molecule has 112 valence electrons. The molecular formula is C15H17Cl2N3O. The molecule has 0 aliphatic heterocycles. The molecule has 21 heavy (non-hydrogen) atoms. The number of anilines is 1. The molecule has 0 saturated carbocycles. The molecule has 0 saturated heterocycles. The van der Waals surface area contributed by atoms with Gasteiger partial charge in [0.1, 0.15) is 5.69 Å². The van der Waals surface area contributed by atoms with Gasteiger partial charge in [0.15, 0.2) is 0 Å². The van der Waals surface area contributed by atoms with E-state index in [2.05, 4.69) is 0 Å². The maximum absolute atomic E-state index is 12.6. The Kier molecular flexibility index (Phi) is 4.49. The summed E-state index contributed by atoms with van der Waals surface area (Å²) in [6.45, 7) is 1.92. The summed E-state index contributed by atoms with van der Waals surface area (Å²) in [6, 6.07) is 6.75. The molecule has 0 radical (unpaired) electrons. The van der Waals surface area contributed by atoms with Crippen LogP contribution in [0.3, 0.4) is 0 Å². The molecule has 1 amide bonds. The highest BCUT2D eigenvalue weighted by atomic mass is 35.5. The molecule has 0 bridgehead atoms. The molecule has 1 atom stereocenters.